The monoisotopic (exact) mass is 288 g/mol. The molecule has 0 spiro atoms. The molecule has 1 saturated carbocycles. The zero-order valence-electron chi connectivity index (χ0n) is 8.71. The van der Waals surface area contributed by atoms with Gasteiger partial charge in [0, 0.05) is 12.1 Å². The minimum Gasteiger partial charge on any atom is -0.240 e. The second kappa shape index (κ2) is 4.79. The number of hydrogen-bond donors (Lipinski definition) is 0. The van der Waals surface area contributed by atoms with Crippen LogP contribution in [0.3, 0.4) is 0 Å². The molecule has 0 aliphatic heterocycles. The number of aromatic nitrogens is 2. The van der Waals surface area contributed by atoms with Crippen molar-refractivity contribution in [2.45, 2.75) is 38.5 Å². The van der Waals surface area contributed by atoms with Crippen molar-refractivity contribution in [3.8, 4) is 0 Å². The zero-order chi connectivity index (χ0) is 10.8. The van der Waals surface area contributed by atoms with Crippen LogP contribution in [0, 0.1) is 5.92 Å². The van der Waals surface area contributed by atoms with E-state index in [9.17, 15) is 0 Å². The van der Waals surface area contributed by atoms with Gasteiger partial charge in [0.1, 0.15) is 11.0 Å². The van der Waals surface area contributed by atoms with Crippen LogP contribution in [0.15, 0.2) is 10.7 Å². The van der Waals surface area contributed by atoms with Crippen molar-refractivity contribution >= 4 is 27.5 Å². The number of nitrogens with zero attached hydrogens (tertiary/aromatic N) is 2. The van der Waals surface area contributed by atoms with E-state index >= 15 is 0 Å². The van der Waals surface area contributed by atoms with Gasteiger partial charge in [-0.05, 0) is 41.1 Å². The van der Waals surface area contributed by atoms with Crippen LogP contribution in [0.4, 0.5) is 0 Å². The van der Waals surface area contributed by atoms with Crippen molar-refractivity contribution in [2.24, 2.45) is 5.92 Å². The minimum atomic E-state index is 0.514. The van der Waals surface area contributed by atoms with Gasteiger partial charge in [0.25, 0.3) is 0 Å². The molecule has 2 unspecified atom stereocenters. The lowest BCUT2D eigenvalue weighted by molar-refractivity contribution is 0.516. The van der Waals surface area contributed by atoms with Crippen LogP contribution >= 0.6 is 27.5 Å². The van der Waals surface area contributed by atoms with Crippen LogP contribution < -0.4 is 0 Å². The summed E-state index contributed by atoms with van der Waals surface area (Å²) in [6.07, 6.45) is 6.74. The summed E-state index contributed by atoms with van der Waals surface area (Å²) in [4.78, 5) is 8.68. The molecule has 0 bridgehead atoms. The lowest BCUT2D eigenvalue weighted by Crippen LogP contribution is -2.01. The summed E-state index contributed by atoms with van der Waals surface area (Å²) in [5, 5.41) is 0.528. The second-order valence-corrected chi connectivity index (χ2v) is 5.36. The highest BCUT2D eigenvalue weighted by atomic mass is 79.9. The highest BCUT2D eigenvalue weighted by Gasteiger charge is 2.26. The van der Waals surface area contributed by atoms with Crippen molar-refractivity contribution in [1.29, 1.82) is 0 Å². The van der Waals surface area contributed by atoms with E-state index in [0.29, 0.717) is 11.1 Å². The molecule has 1 aliphatic rings. The molecule has 1 heterocycles. The fourth-order valence-corrected chi connectivity index (χ4v) is 2.56. The van der Waals surface area contributed by atoms with Crippen LogP contribution in [-0.4, -0.2) is 9.97 Å². The van der Waals surface area contributed by atoms with Gasteiger partial charge in [0.05, 0.1) is 4.47 Å². The fourth-order valence-electron chi connectivity index (χ4n) is 2.24. The van der Waals surface area contributed by atoms with Crippen LogP contribution in [0.1, 0.15) is 44.3 Å². The molecule has 4 heteroatoms. The third-order valence-electron chi connectivity index (χ3n) is 3.20. The molecule has 1 aliphatic carbocycles. The molecule has 0 radical (unpaired) electrons. The molecular weight excluding hydrogens is 275 g/mol. The van der Waals surface area contributed by atoms with E-state index < -0.39 is 0 Å². The van der Waals surface area contributed by atoms with Crippen molar-refractivity contribution in [3.05, 3.63) is 21.6 Å². The Bertz CT molecular complexity index is 356. The summed E-state index contributed by atoms with van der Waals surface area (Å²) in [6.45, 7) is 2.25. The molecule has 2 nitrogen and oxygen atoms in total. The summed E-state index contributed by atoms with van der Waals surface area (Å²) < 4.78 is 0.776. The van der Waals surface area contributed by atoms with E-state index in [2.05, 4.69) is 32.8 Å². The van der Waals surface area contributed by atoms with Crippen molar-refractivity contribution in [3.63, 3.8) is 0 Å². The molecule has 1 aromatic rings. The van der Waals surface area contributed by atoms with Crippen molar-refractivity contribution in [1.82, 2.24) is 9.97 Å². The first-order chi connectivity index (χ1) is 7.20. The lowest BCUT2D eigenvalue weighted by Gasteiger charge is -2.09. The number of halogens is 2. The average molecular weight is 290 g/mol. The molecule has 1 fully saturated rings. The van der Waals surface area contributed by atoms with Crippen molar-refractivity contribution in [2.75, 3.05) is 0 Å². The van der Waals surface area contributed by atoms with Crippen LogP contribution in [0.5, 0.6) is 0 Å². The largest absolute Gasteiger partial charge is 0.240 e. The lowest BCUT2D eigenvalue weighted by atomic mass is 10.0. The second-order valence-electron chi connectivity index (χ2n) is 4.15. The first-order valence-electron chi connectivity index (χ1n) is 5.38. The van der Waals surface area contributed by atoms with Gasteiger partial charge < -0.3 is 0 Å². The van der Waals surface area contributed by atoms with E-state index in [0.717, 1.165) is 16.2 Å². The first kappa shape index (κ1) is 11.3. The molecule has 1 aromatic heterocycles. The van der Waals surface area contributed by atoms with Gasteiger partial charge in [-0.15, -0.1) is 0 Å². The average Bonchev–Trinajstić information content (AvgIpc) is 2.70. The van der Waals surface area contributed by atoms with Gasteiger partial charge in [0.2, 0.25) is 0 Å². The highest BCUT2D eigenvalue weighted by molar-refractivity contribution is 9.10. The van der Waals surface area contributed by atoms with E-state index in [1.54, 1.807) is 6.20 Å². The third kappa shape index (κ3) is 2.51. The van der Waals surface area contributed by atoms with Gasteiger partial charge in [-0.3, -0.25) is 0 Å². The quantitative estimate of drug-likeness (QED) is 0.763. The maximum Gasteiger partial charge on any atom is 0.146 e. The van der Waals surface area contributed by atoms with E-state index in [4.69, 9.17) is 11.6 Å². The Kier molecular flexibility index (Phi) is 3.62. The molecule has 0 N–H and O–H groups in total. The van der Waals surface area contributed by atoms with Crippen LogP contribution in [0.25, 0.3) is 0 Å². The summed E-state index contributed by atoms with van der Waals surface area (Å²) in [7, 11) is 0. The summed E-state index contributed by atoms with van der Waals surface area (Å²) in [5.41, 5.74) is 0. The molecule has 82 valence electrons. The zero-order valence-corrected chi connectivity index (χ0v) is 11.1. The summed E-state index contributed by atoms with van der Waals surface area (Å²) in [5.74, 6) is 2.28. The Labute approximate surface area is 104 Å². The number of rotatable bonds is 2. The predicted molar refractivity (Wildman–Crippen MR) is 65.1 cm³/mol. The summed E-state index contributed by atoms with van der Waals surface area (Å²) in [6, 6.07) is 0. The Morgan fingerprint density at radius 1 is 1.53 bits per heavy atom. The fraction of sp³-hybridized carbons (Fsp3) is 0.636. The molecular formula is C11H14BrClN2. The van der Waals surface area contributed by atoms with Crippen LogP contribution in [0.2, 0.25) is 5.15 Å². The van der Waals surface area contributed by atoms with Gasteiger partial charge in [-0.2, -0.15) is 0 Å². The topological polar surface area (TPSA) is 25.8 Å². The van der Waals surface area contributed by atoms with Gasteiger partial charge in [-0.25, -0.2) is 9.97 Å². The Morgan fingerprint density at radius 3 is 2.93 bits per heavy atom. The van der Waals surface area contributed by atoms with Crippen LogP contribution in [-0.2, 0) is 0 Å². The normalized spacial score (nSPS) is 25.8. The first-order valence-corrected chi connectivity index (χ1v) is 6.55. The van der Waals surface area contributed by atoms with E-state index in [1.807, 2.05) is 0 Å². The van der Waals surface area contributed by atoms with Gasteiger partial charge in [0.15, 0.2) is 0 Å². The predicted octanol–water partition coefficient (Wildman–Crippen LogP) is 4.19. The van der Waals surface area contributed by atoms with Gasteiger partial charge in [-0.1, -0.05) is 24.9 Å². The molecule has 2 atom stereocenters. The number of hydrogen-bond acceptors (Lipinski definition) is 2. The SMILES string of the molecule is CCC1CCC(c2ncc(Br)c(Cl)n2)C1. The summed E-state index contributed by atoms with van der Waals surface area (Å²) >= 11 is 9.27. The maximum atomic E-state index is 5.96. The minimum absolute atomic E-state index is 0.514. The highest BCUT2D eigenvalue weighted by Crippen LogP contribution is 2.38. The van der Waals surface area contributed by atoms with Crippen molar-refractivity contribution < 1.29 is 0 Å². The molecule has 0 amide bonds. The molecule has 2 rings (SSSR count). The molecule has 0 saturated heterocycles. The van der Waals surface area contributed by atoms with Gasteiger partial charge >= 0.3 is 0 Å². The Morgan fingerprint density at radius 2 is 2.33 bits per heavy atom. The smallest absolute Gasteiger partial charge is 0.146 e. The standard InChI is InChI=1S/C11H14BrClN2/c1-2-7-3-4-8(5-7)11-14-6-9(12)10(13)15-11/h6-8H,2-5H2,1H3. The Hall–Kier alpha value is -0.150. The Balaban J connectivity index is 2.13. The van der Waals surface area contributed by atoms with E-state index in [1.165, 1.54) is 25.7 Å². The molecule has 15 heavy (non-hydrogen) atoms. The van der Waals surface area contributed by atoms with E-state index in [-0.39, 0.29) is 0 Å². The maximum absolute atomic E-state index is 5.96. The molecule has 0 aromatic carbocycles. The third-order valence-corrected chi connectivity index (χ3v) is 4.30.